The number of fused-ring (bicyclic) bond motifs is 1. The van der Waals surface area contributed by atoms with Crippen LogP contribution in [0.2, 0.25) is 0 Å². The molecule has 1 heterocycles. The standard InChI is InChI=1S/C12H15NO/c1-9-8-13(2)11-5-3-4-10(6-7-14)12(9)11/h3-5,8,14H,6-7H2,1-2H3. The van der Waals surface area contributed by atoms with Crippen LogP contribution in [-0.2, 0) is 13.5 Å². The van der Waals surface area contributed by atoms with Crippen molar-refractivity contribution in [3.8, 4) is 0 Å². The van der Waals surface area contributed by atoms with Crippen molar-refractivity contribution < 1.29 is 5.11 Å². The molecule has 0 saturated carbocycles. The minimum atomic E-state index is 0.216. The van der Waals surface area contributed by atoms with Gasteiger partial charge in [0.15, 0.2) is 0 Å². The van der Waals surface area contributed by atoms with Crippen molar-refractivity contribution in [3.63, 3.8) is 0 Å². The molecule has 1 aromatic carbocycles. The first kappa shape index (κ1) is 9.28. The second kappa shape index (κ2) is 3.46. The lowest BCUT2D eigenvalue weighted by Crippen LogP contribution is -1.92. The third-order valence-corrected chi connectivity index (χ3v) is 2.67. The highest BCUT2D eigenvalue weighted by molar-refractivity contribution is 5.87. The fourth-order valence-corrected chi connectivity index (χ4v) is 2.09. The Morgan fingerprint density at radius 1 is 1.36 bits per heavy atom. The van der Waals surface area contributed by atoms with Gasteiger partial charge in [0.05, 0.1) is 0 Å². The molecule has 2 rings (SSSR count). The van der Waals surface area contributed by atoms with Crippen LogP contribution in [0.15, 0.2) is 24.4 Å². The van der Waals surface area contributed by atoms with E-state index < -0.39 is 0 Å². The lowest BCUT2D eigenvalue weighted by Gasteiger charge is -2.02. The van der Waals surface area contributed by atoms with E-state index in [1.54, 1.807) is 0 Å². The third kappa shape index (κ3) is 1.32. The number of hydrogen-bond acceptors (Lipinski definition) is 1. The van der Waals surface area contributed by atoms with Crippen molar-refractivity contribution in [2.24, 2.45) is 7.05 Å². The Balaban J connectivity index is 2.72. The number of aliphatic hydroxyl groups is 1. The van der Waals surface area contributed by atoms with Gasteiger partial charge in [0, 0.05) is 30.8 Å². The van der Waals surface area contributed by atoms with Gasteiger partial charge in [-0.1, -0.05) is 12.1 Å². The maximum atomic E-state index is 8.97. The van der Waals surface area contributed by atoms with Crippen LogP contribution in [0.3, 0.4) is 0 Å². The third-order valence-electron chi connectivity index (χ3n) is 2.67. The molecule has 0 aliphatic heterocycles. The van der Waals surface area contributed by atoms with Gasteiger partial charge in [-0.2, -0.15) is 0 Å². The van der Waals surface area contributed by atoms with E-state index in [1.165, 1.54) is 22.0 Å². The number of aliphatic hydroxyl groups excluding tert-OH is 1. The number of benzene rings is 1. The first-order chi connectivity index (χ1) is 6.74. The molecule has 0 aliphatic carbocycles. The molecule has 2 nitrogen and oxygen atoms in total. The molecule has 74 valence electrons. The van der Waals surface area contributed by atoms with E-state index in [4.69, 9.17) is 5.11 Å². The Labute approximate surface area is 83.8 Å². The average Bonchev–Trinajstić information content (AvgIpc) is 2.44. The lowest BCUT2D eigenvalue weighted by molar-refractivity contribution is 0.300. The molecule has 0 atom stereocenters. The highest BCUT2D eigenvalue weighted by Gasteiger charge is 2.06. The topological polar surface area (TPSA) is 25.2 Å². The van der Waals surface area contributed by atoms with E-state index in [9.17, 15) is 0 Å². The largest absolute Gasteiger partial charge is 0.396 e. The molecule has 1 aromatic heterocycles. The van der Waals surface area contributed by atoms with Gasteiger partial charge in [0.2, 0.25) is 0 Å². The zero-order valence-electron chi connectivity index (χ0n) is 8.62. The van der Waals surface area contributed by atoms with Crippen molar-refractivity contribution >= 4 is 10.9 Å². The van der Waals surface area contributed by atoms with Gasteiger partial charge < -0.3 is 9.67 Å². The molecule has 0 radical (unpaired) electrons. The van der Waals surface area contributed by atoms with E-state index in [1.807, 2.05) is 6.07 Å². The number of aromatic nitrogens is 1. The van der Waals surface area contributed by atoms with Crippen LogP contribution in [0, 0.1) is 6.92 Å². The van der Waals surface area contributed by atoms with Gasteiger partial charge in [-0.3, -0.25) is 0 Å². The van der Waals surface area contributed by atoms with E-state index in [2.05, 4.69) is 36.9 Å². The molecule has 0 saturated heterocycles. The summed E-state index contributed by atoms with van der Waals surface area (Å²) in [5.74, 6) is 0. The minimum Gasteiger partial charge on any atom is -0.396 e. The monoisotopic (exact) mass is 189 g/mol. The average molecular weight is 189 g/mol. The Kier molecular flexibility index (Phi) is 2.30. The first-order valence-corrected chi connectivity index (χ1v) is 4.88. The summed E-state index contributed by atoms with van der Waals surface area (Å²) in [5.41, 5.74) is 3.77. The van der Waals surface area contributed by atoms with Crippen molar-refractivity contribution in [2.45, 2.75) is 13.3 Å². The molecule has 0 unspecified atom stereocenters. The summed E-state index contributed by atoms with van der Waals surface area (Å²) < 4.78 is 2.13. The molecule has 2 aromatic rings. The smallest absolute Gasteiger partial charge is 0.0483 e. The zero-order chi connectivity index (χ0) is 10.1. The second-order valence-electron chi connectivity index (χ2n) is 3.71. The molecule has 0 bridgehead atoms. The predicted octanol–water partition coefficient (Wildman–Crippen LogP) is 2.02. The zero-order valence-corrected chi connectivity index (χ0v) is 8.62. The van der Waals surface area contributed by atoms with Crippen LogP contribution >= 0.6 is 0 Å². The minimum absolute atomic E-state index is 0.216. The predicted molar refractivity (Wildman–Crippen MR) is 58.4 cm³/mol. The summed E-state index contributed by atoms with van der Waals surface area (Å²) in [4.78, 5) is 0. The van der Waals surface area contributed by atoms with E-state index >= 15 is 0 Å². The maximum Gasteiger partial charge on any atom is 0.0483 e. The second-order valence-corrected chi connectivity index (χ2v) is 3.71. The molecular weight excluding hydrogens is 174 g/mol. The number of rotatable bonds is 2. The SMILES string of the molecule is Cc1cn(C)c2cccc(CCO)c12. The molecule has 1 N–H and O–H groups in total. The van der Waals surface area contributed by atoms with Gasteiger partial charge in [-0.25, -0.2) is 0 Å². The summed E-state index contributed by atoms with van der Waals surface area (Å²) in [5, 5.41) is 10.3. The maximum absolute atomic E-state index is 8.97. The summed E-state index contributed by atoms with van der Waals surface area (Å²) >= 11 is 0. The summed E-state index contributed by atoms with van der Waals surface area (Å²) in [6.07, 6.45) is 2.87. The first-order valence-electron chi connectivity index (χ1n) is 4.88. The molecule has 0 fully saturated rings. The Hall–Kier alpha value is -1.28. The summed E-state index contributed by atoms with van der Waals surface area (Å²) in [6, 6.07) is 6.25. The van der Waals surface area contributed by atoms with Crippen molar-refractivity contribution in [3.05, 3.63) is 35.5 Å². The number of aryl methyl sites for hydroxylation is 2. The highest BCUT2D eigenvalue weighted by atomic mass is 16.2. The van der Waals surface area contributed by atoms with E-state index in [0.29, 0.717) is 0 Å². The molecular formula is C12H15NO. The van der Waals surface area contributed by atoms with Crippen molar-refractivity contribution in [2.75, 3.05) is 6.61 Å². The fraction of sp³-hybridized carbons (Fsp3) is 0.333. The van der Waals surface area contributed by atoms with Gasteiger partial charge in [-0.05, 0) is 30.5 Å². The number of hydrogen-bond donors (Lipinski definition) is 1. The molecule has 0 aliphatic rings. The fourth-order valence-electron chi connectivity index (χ4n) is 2.09. The quantitative estimate of drug-likeness (QED) is 0.768. The van der Waals surface area contributed by atoms with E-state index in [0.717, 1.165) is 6.42 Å². The Morgan fingerprint density at radius 3 is 2.86 bits per heavy atom. The van der Waals surface area contributed by atoms with Crippen LogP contribution in [-0.4, -0.2) is 16.3 Å². The van der Waals surface area contributed by atoms with Crippen LogP contribution in [0.25, 0.3) is 10.9 Å². The van der Waals surface area contributed by atoms with Crippen molar-refractivity contribution in [1.82, 2.24) is 4.57 Å². The molecule has 0 amide bonds. The van der Waals surface area contributed by atoms with Crippen LogP contribution in [0.1, 0.15) is 11.1 Å². The van der Waals surface area contributed by atoms with E-state index in [-0.39, 0.29) is 6.61 Å². The normalized spacial score (nSPS) is 11.1. The molecule has 2 heteroatoms. The van der Waals surface area contributed by atoms with Crippen LogP contribution < -0.4 is 0 Å². The van der Waals surface area contributed by atoms with Gasteiger partial charge >= 0.3 is 0 Å². The van der Waals surface area contributed by atoms with Crippen molar-refractivity contribution in [1.29, 1.82) is 0 Å². The van der Waals surface area contributed by atoms with Gasteiger partial charge in [0.25, 0.3) is 0 Å². The Bertz CT molecular complexity index is 457. The molecule has 14 heavy (non-hydrogen) atoms. The van der Waals surface area contributed by atoms with Gasteiger partial charge in [-0.15, -0.1) is 0 Å². The van der Waals surface area contributed by atoms with Gasteiger partial charge in [0.1, 0.15) is 0 Å². The Morgan fingerprint density at radius 2 is 2.14 bits per heavy atom. The summed E-state index contributed by atoms with van der Waals surface area (Å²) in [7, 11) is 2.05. The molecule has 0 spiro atoms. The van der Waals surface area contributed by atoms with Crippen LogP contribution in [0.5, 0.6) is 0 Å². The lowest BCUT2D eigenvalue weighted by atomic mass is 10.0. The van der Waals surface area contributed by atoms with Crippen LogP contribution in [0.4, 0.5) is 0 Å². The summed E-state index contributed by atoms with van der Waals surface area (Å²) in [6.45, 7) is 2.33. The number of nitrogens with zero attached hydrogens (tertiary/aromatic N) is 1. The highest BCUT2D eigenvalue weighted by Crippen LogP contribution is 2.24.